The van der Waals surface area contributed by atoms with Crippen LogP contribution in [0.3, 0.4) is 0 Å². The van der Waals surface area contributed by atoms with Crippen LogP contribution >= 0.6 is 0 Å². The second-order valence-corrected chi connectivity index (χ2v) is 6.14. The van der Waals surface area contributed by atoms with Crippen molar-refractivity contribution in [1.82, 2.24) is 4.90 Å². The van der Waals surface area contributed by atoms with E-state index in [1.165, 1.54) is 12.1 Å². The van der Waals surface area contributed by atoms with Crippen LogP contribution in [0.15, 0.2) is 29.4 Å². The third-order valence-electron chi connectivity index (χ3n) is 4.39. The minimum absolute atomic E-state index is 0.246. The van der Waals surface area contributed by atoms with Gasteiger partial charge in [0, 0.05) is 37.9 Å². The summed E-state index contributed by atoms with van der Waals surface area (Å²) in [5.41, 5.74) is 0.168. The first kappa shape index (κ1) is 15.8. The van der Waals surface area contributed by atoms with Crippen LogP contribution in [-0.4, -0.2) is 35.2 Å². The van der Waals surface area contributed by atoms with Crippen molar-refractivity contribution < 1.29 is 22.8 Å². The van der Waals surface area contributed by atoms with Crippen molar-refractivity contribution in [2.24, 2.45) is 5.16 Å². The second kappa shape index (κ2) is 5.54. The molecular weight excluding hydrogens is 309 g/mol. The first-order valence-electron chi connectivity index (χ1n) is 7.47. The number of carbonyl (C=O) groups excluding carboxylic acids is 1. The smallest absolute Gasteiger partial charge is 0.389 e. The van der Waals surface area contributed by atoms with Gasteiger partial charge in [-0.2, -0.15) is 13.2 Å². The topological polar surface area (TPSA) is 41.9 Å². The maximum atomic E-state index is 12.6. The van der Waals surface area contributed by atoms with E-state index in [-0.39, 0.29) is 17.1 Å². The molecule has 0 aliphatic carbocycles. The van der Waals surface area contributed by atoms with Gasteiger partial charge in [-0.1, -0.05) is 5.16 Å². The van der Waals surface area contributed by atoms with Gasteiger partial charge in [0.1, 0.15) is 5.60 Å². The van der Waals surface area contributed by atoms with Gasteiger partial charge in [-0.15, -0.1) is 0 Å². The fourth-order valence-electron chi connectivity index (χ4n) is 3.08. The van der Waals surface area contributed by atoms with Gasteiger partial charge in [0.25, 0.3) is 5.91 Å². The molecule has 1 aromatic carbocycles. The quantitative estimate of drug-likeness (QED) is 0.793. The van der Waals surface area contributed by atoms with E-state index in [4.69, 9.17) is 4.84 Å². The van der Waals surface area contributed by atoms with Gasteiger partial charge in [-0.05, 0) is 31.2 Å². The van der Waals surface area contributed by atoms with E-state index < -0.39 is 11.7 Å². The molecule has 0 saturated carbocycles. The lowest BCUT2D eigenvalue weighted by Gasteiger charge is -2.37. The number of nitrogens with zero attached hydrogens (tertiary/aromatic N) is 2. The Bertz CT molecular complexity index is 630. The van der Waals surface area contributed by atoms with Gasteiger partial charge in [0.05, 0.1) is 11.3 Å². The Labute approximate surface area is 131 Å². The summed E-state index contributed by atoms with van der Waals surface area (Å²) < 4.78 is 37.7. The zero-order valence-corrected chi connectivity index (χ0v) is 12.7. The SMILES string of the molecule is CC1=NOC2(CCN(C(=O)c3ccc(C(F)(F)F)cc3)CC2)C1. The molecule has 7 heteroatoms. The summed E-state index contributed by atoms with van der Waals surface area (Å²) in [7, 11) is 0. The predicted molar refractivity (Wildman–Crippen MR) is 78.1 cm³/mol. The molecule has 1 spiro atoms. The summed E-state index contributed by atoms with van der Waals surface area (Å²) in [6, 6.07) is 4.34. The molecule has 0 atom stereocenters. The number of hydrogen-bond acceptors (Lipinski definition) is 3. The summed E-state index contributed by atoms with van der Waals surface area (Å²) in [6.45, 7) is 2.94. The highest BCUT2D eigenvalue weighted by molar-refractivity contribution is 5.94. The number of carbonyl (C=O) groups is 1. The molecular formula is C16H17F3N2O2. The Morgan fingerprint density at radius 1 is 1.22 bits per heavy atom. The Morgan fingerprint density at radius 3 is 2.30 bits per heavy atom. The van der Waals surface area contributed by atoms with Crippen molar-refractivity contribution >= 4 is 11.6 Å². The summed E-state index contributed by atoms with van der Waals surface area (Å²) in [5, 5.41) is 3.98. The number of rotatable bonds is 1. The van der Waals surface area contributed by atoms with Crippen LogP contribution in [0.25, 0.3) is 0 Å². The second-order valence-electron chi connectivity index (χ2n) is 6.14. The molecule has 4 nitrogen and oxygen atoms in total. The highest BCUT2D eigenvalue weighted by atomic mass is 19.4. The minimum atomic E-state index is -4.39. The number of likely N-dealkylation sites (tertiary alicyclic amines) is 1. The number of oxime groups is 1. The third kappa shape index (κ3) is 3.18. The lowest BCUT2D eigenvalue weighted by Crippen LogP contribution is -2.46. The van der Waals surface area contributed by atoms with Crippen molar-refractivity contribution in [3.8, 4) is 0 Å². The van der Waals surface area contributed by atoms with Crippen LogP contribution in [0.4, 0.5) is 13.2 Å². The molecule has 23 heavy (non-hydrogen) atoms. The highest BCUT2D eigenvalue weighted by Crippen LogP contribution is 2.35. The standard InChI is InChI=1S/C16H17F3N2O2/c1-11-10-15(23-20-11)6-8-21(9-7-15)14(22)12-2-4-13(5-3-12)16(17,18)19/h2-5H,6-10H2,1H3. The molecule has 1 amide bonds. The normalized spacial score (nSPS) is 20.3. The minimum Gasteiger partial charge on any atom is -0.389 e. The highest BCUT2D eigenvalue weighted by Gasteiger charge is 2.42. The molecule has 0 unspecified atom stereocenters. The number of hydrogen-bond donors (Lipinski definition) is 0. The van der Waals surface area contributed by atoms with E-state index in [9.17, 15) is 18.0 Å². The van der Waals surface area contributed by atoms with E-state index in [1.807, 2.05) is 6.92 Å². The fourth-order valence-corrected chi connectivity index (χ4v) is 3.08. The number of alkyl halides is 3. The summed E-state index contributed by atoms with van der Waals surface area (Å²) in [5.74, 6) is -0.246. The first-order chi connectivity index (χ1) is 10.8. The van der Waals surface area contributed by atoms with Crippen LogP contribution in [0, 0.1) is 0 Å². The van der Waals surface area contributed by atoms with Crippen molar-refractivity contribution in [3.63, 3.8) is 0 Å². The van der Waals surface area contributed by atoms with Crippen molar-refractivity contribution in [2.75, 3.05) is 13.1 Å². The molecule has 1 fully saturated rings. The van der Waals surface area contributed by atoms with Gasteiger partial charge >= 0.3 is 6.18 Å². The Kier molecular flexibility index (Phi) is 3.82. The van der Waals surface area contributed by atoms with Gasteiger partial charge < -0.3 is 9.74 Å². The number of amides is 1. The number of halogens is 3. The van der Waals surface area contributed by atoms with Crippen molar-refractivity contribution in [2.45, 2.75) is 38.0 Å². The monoisotopic (exact) mass is 326 g/mol. The summed E-state index contributed by atoms with van der Waals surface area (Å²) in [6.07, 6.45) is -2.26. The van der Waals surface area contributed by atoms with Crippen molar-refractivity contribution in [3.05, 3.63) is 35.4 Å². The van der Waals surface area contributed by atoms with E-state index in [2.05, 4.69) is 5.16 Å². The Balaban J connectivity index is 1.64. The number of piperidine rings is 1. The Hall–Kier alpha value is -2.05. The molecule has 2 aliphatic rings. The van der Waals surface area contributed by atoms with Crippen LogP contribution in [-0.2, 0) is 11.0 Å². The van der Waals surface area contributed by atoms with E-state index in [0.29, 0.717) is 25.9 Å². The number of benzene rings is 1. The molecule has 0 radical (unpaired) electrons. The van der Waals surface area contributed by atoms with E-state index in [0.717, 1.165) is 24.3 Å². The molecule has 1 saturated heterocycles. The molecule has 1 aromatic rings. The van der Waals surface area contributed by atoms with Gasteiger partial charge in [-0.3, -0.25) is 4.79 Å². The van der Waals surface area contributed by atoms with Crippen molar-refractivity contribution in [1.29, 1.82) is 0 Å². The molecule has 2 heterocycles. The zero-order chi connectivity index (χ0) is 16.7. The summed E-state index contributed by atoms with van der Waals surface area (Å²) in [4.78, 5) is 19.6. The third-order valence-corrected chi connectivity index (χ3v) is 4.39. The maximum absolute atomic E-state index is 12.6. The first-order valence-corrected chi connectivity index (χ1v) is 7.47. The van der Waals surface area contributed by atoms with Crippen LogP contribution in [0.5, 0.6) is 0 Å². The molecule has 3 rings (SSSR count). The van der Waals surface area contributed by atoms with E-state index >= 15 is 0 Å². The predicted octanol–water partition coefficient (Wildman–Crippen LogP) is 3.48. The largest absolute Gasteiger partial charge is 0.416 e. The van der Waals surface area contributed by atoms with Gasteiger partial charge in [-0.25, -0.2) is 0 Å². The van der Waals surface area contributed by atoms with Gasteiger partial charge in [0.2, 0.25) is 0 Å². The van der Waals surface area contributed by atoms with Crippen LogP contribution in [0.1, 0.15) is 42.1 Å². The van der Waals surface area contributed by atoms with Crippen LogP contribution in [0.2, 0.25) is 0 Å². The molecule has 124 valence electrons. The summed E-state index contributed by atoms with van der Waals surface area (Å²) >= 11 is 0. The molecule has 0 bridgehead atoms. The van der Waals surface area contributed by atoms with Crippen LogP contribution < -0.4 is 0 Å². The molecule has 2 aliphatic heterocycles. The lowest BCUT2D eigenvalue weighted by molar-refractivity contribution is -0.137. The zero-order valence-electron chi connectivity index (χ0n) is 12.7. The molecule has 0 N–H and O–H groups in total. The maximum Gasteiger partial charge on any atom is 0.416 e. The molecule has 0 aromatic heterocycles. The fraction of sp³-hybridized carbons (Fsp3) is 0.500. The lowest BCUT2D eigenvalue weighted by atomic mass is 9.87. The average molecular weight is 326 g/mol. The van der Waals surface area contributed by atoms with E-state index in [1.54, 1.807) is 4.90 Å². The van der Waals surface area contributed by atoms with Gasteiger partial charge in [0.15, 0.2) is 0 Å². The Morgan fingerprint density at radius 2 is 1.83 bits per heavy atom. The average Bonchev–Trinajstić information content (AvgIpc) is 2.87.